The van der Waals surface area contributed by atoms with Crippen LogP contribution < -0.4 is 5.32 Å². The number of nitrogens with zero attached hydrogens (tertiary/aromatic N) is 2. The highest BCUT2D eigenvalue weighted by molar-refractivity contribution is 5.60. The molecule has 0 bridgehead atoms. The molecule has 6 nitrogen and oxygen atoms in total. The summed E-state index contributed by atoms with van der Waals surface area (Å²) in [6.45, 7) is 5.42. The first-order chi connectivity index (χ1) is 7.97. The highest BCUT2D eigenvalue weighted by atomic mass is 16.6. The summed E-state index contributed by atoms with van der Waals surface area (Å²) in [6, 6.07) is 1.34. The van der Waals surface area contributed by atoms with E-state index in [1.54, 1.807) is 13.0 Å². The van der Waals surface area contributed by atoms with Crippen LogP contribution in [0.2, 0.25) is 0 Å². The second-order valence-electron chi connectivity index (χ2n) is 4.26. The molecule has 6 heteroatoms. The second kappa shape index (κ2) is 5.58. The lowest BCUT2D eigenvalue weighted by Gasteiger charge is -2.20. The number of aliphatic hydroxyl groups is 1. The molecule has 0 fully saturated rings. The van der Waals surface area contributed by atoms with E-state index in [1.807, 2.05) is 13.8 Å². The maximum atomic E-state index is 10.9. The van der Waals surface area contributed by atoms with Crippen molar-refractivity contribution >= 4 is 11.5 Å². The molecule has 17 heavy (non-hydrogen) atoms. The lowest BCUT2D eigenvalue weighted by atomic mass is 10.1. The fraction of sp³-hybridized carbons (Fsp3) is 0.545. The molecule has 0 aromatic carbocycles. The summed E-state index contributed by atoms with van der Waals surface area (Å²) in [5.74, 6) is 0.365. The summed E-state index contributed by atoms with van der Waals surface area (Å²) in [4.78, 5) is 14.5. The molecule has 0 aliphatic carbocycles. The van der Waals surface area contributed by atoms with Crippen LogP contribution in [-0.2, 0) is 0 Å². The maximum Gasteiger partial charge on any atom is 0.314 e. The third-order valence-electron chi connectivity index (χ3n) is 2.63. The Morgan fingerprint density at radius 2 is 2.24 bits per heavy atom. The quantitative estimate of drug-likeness (QED) is 0.603. The van der Waals surface area contributed by atoms with Crippen molar-refractivity contribution in [3.8, 4) is 0 Å². The van der Waals surface area contributed by atoms with Crippen LogP contribution in [0, 0.1) is 23.0 Å². The summed E-state index contributed by atoms with van der Waals surface area (Å²) >= 11 is 0. The molecule has 0 spiro atoms. The lowest BCUT2D eigenvalue weighted by Crippen LogP contribution is -2.30. The molecular weight excluding hydrogens is 222 g/mol. The first kappa shape index (κ1) is 13.4. The molecule has 1 unspecified atom stereocenters. The van der Waals surface area contributed by atoms with Gasteiger partial charge in [-0.3, -0.25) is 10.1 Å². The summed E-state index contributed by atoms with van der Waals surface area (Å²) in [6.07, 6.45) is 1.51. The van der Waals surface area contributed by atoms with Crippen LogP contribution in [0.1, 0.15) is 19.4 Å². The average molecular weight is 239 g/mol. The van der Waals surface area contributed by atoms with Gasteiger partial charge in [-0.1, -0.05) is 13.8 Å². The molecule has 1 rings (SSSR count). The number of aromatic nitrogens is 1. The molecule has 2 N–H and O–H groups in total. The highest BCUT2D eigenvalue weighted by Gasteiger charge is 2.22. The molecule has 0 radical (unpaired) electrons. The number of rotatable bonds is 5. The van der Waals surface area contributed by atoms with E-state index in [-0.39, 0.29) is 30.1 Å². The molecule has 1 heterocycles. The summed E-state index contributed by atoms with van der Waals surface area (Å²) in [5.41, 5.74) is 0.513. The minimum atomic E-state index is -0.459. The van der Waals surface area contributed by atoms with Gasteiger partial charge in [0.25, 0.3) is 0 Å². The van der Waals surface area contributed by atoms with E-state index in [1.165, 1.54) is 6.20 Å². The minimum Gasteiger partial charge on any atom is -0.394 e. The van der Waals surface area contributed by atoms with Gasteiger partial charge < -0.3 is 10.4 Å². The fourth-order valence-electron chi connectivity index (χ4n) is 1.49. The van der Waals surface area contributed by atoms with Crippen molar-refractivity contribution in [1.29, 1.82) is 0 Å². The Morgan fingerprint density at radius 3 is 2.71 bits per heavy atom. The average Bonchev–Trinajstić information content (AvgIpc) is 2.24. The van der Waals surface area contributed by atoms with E-state index >= 15 is 0 Å². The molecular formula is C11H17N3O3. The molecule has 1 aromatic rings. The van der Waals surface area contributed by atoms with Gasteiger partial charge in [0, 0.05) is 11.8 Å². The van der Waals surface area contributed by atoms with Gasteiger partial charge in [-0.05, 0) is 18.9 Å². The number of nitrogens with one attached hydrogen (secondary N) is 1. The predicted molar refractivity (Wildman–Crippen MR) is 65.0 cm³/mol. The van der Waals surface area contributed by atoms with Gasteiger partial charge in [0.05, 0.1) is 17.6 Å². The Morgan fingerprint density at radius 1 is 1.59 bits per heavy atom. The third-order valence-corrected chi connectivity index (χ3v) is 2.63. The molecule has 1 aromatic heterocycles. The van der Waals surface area contributed by atoms with Crippen LogP contribution in [0.4, 0.5) is 11.5 Å². The largest absolute Gasteiger partial charge is 0.394 e. The van der Waals surface area contributed by atoms with Gasteiger partial charge >= 0.3 is 5.69 Å². The van der Waals surface area contributed by atoms with Crippen molar-refractivity contribution in [2.24, 2.45) is 5.92 Å². The first-order valence-corrected chi connectivity index (χ1v) is 5.44. The van der Waals surface area contributed by atoms with E-state index in [4.69, 9.17) is 0 Å². The van der Waals surface area contributed by atoms with E-state index in [9.17, 15) is 15.2 Å². The predicted octanol–water partition coefficient (Wildman–Crippen LogP) is 1.73. The van der Waals surface area contributed by atoms with E-state index in [2.05, 4.69) is 10.3 Å². The van der Waals surface area contributed by atoms with Crippen LogP contribution in [-0.4, -0.2) is 27.7 Å². The van der Waals surface area contributed by atoms with Crippen molar-refractivity contribution in [3.05, 3.63) is 27.9 Å². The van der Waals surface area contributed by atoms with Crippen molar-refractivity contribution < 1.29 is 10.0 Å². The summed E-state index contributed by atoms with van der Waals surface area (Å²) < 4.78 is 0. The van der Waals surface area contributed by atoms with Crippen molar-refractivity contribution in [1.82, 2.24) is 4.98 Å². The van der Waals surface area contributed by atoms with E-state index in [0.717, 1.165) is 0 Å². The zero-order valence-corrected chi connectivity index (χ0v) is 10.2. The lowest BCUT2D eigenvalue weighted by molar-refractivity contribution is -0.384. The molecule has 0 aliphatic heterocycles. The van der Waals surface area contributed by atoms with Crippen molar-refractivity contribution in [2.75, 3.05) is 11.9 Å². The summed E-state index contributed by atoms with van der Waals surface area (Å²) in [7, 11) is 0. The Bertz CT molecular complexity index is 407. The van der Waals surface area contributed by atoms with Crippen molar-refractivity contribution in [2.45, 2.75) is 26.8 Å². The standard InChI is InChI=1S/C11H17N3O3/c1-7(2)9(6-15)13-11-10(14(16)17)8(3)4-5-12-11/h4-5,7,9,15H,6H2,1-3H3,(H,12,13). The normalized spacial score (nSPS) is 12.5. The zero-order valence-electron chi connectivity index (χ0n) is 10.2. The topological polar surface area (TPSA) is 88.3 Å². The Balaban J connectivity index is 3.05. The number of aliphatic hydroxyl groups excluding tert-OH is 1. The number of nitro groups is 1. The number of pyridine rings is 1. The zero-order chi connectivity index (χ0) is 13.0. The van der Waals surface area contributed by atoms with E-state index in [0.29, 0.717) is 5.56 Å². The number of aryl methyl sites for hydroxylation is 1. The van der Waals surface area contributed by atoms with Gasteiger partial charge in [0.2, 0.25) is 5.82 Å². The Labute approximate surface area is 99.8 Å². The number of hydrogen-bond donors (Lipinski definition) is 2. The molecule has 94 valence electrons. The molecule has 0 amide bonds. The van der Waals surface area contributed by atoms with Gasteiger partial charge in [-0.25, -0.2) is 4.98 Å². The van der Waals surface area contributed by atoms with Gasteiger partial charge in [0.1, 0.15) is 0 Å². The first-order valence-electron chi connectivity index (χ1n) is 5.44. The van der Waals surface area contributed by atoms with Gasteiger partial charge in [0.15, 0.2) is 0 Å². The molecule has 0 aliphatic rings. The van der Waals surface area contributed by atoms with Crippen LogP contribution in [0.3, 0.4) is 0 Å². The summed E-state index contributed by atoms with van der Waals surface area (Å²) in [5, 5.41) is 23.1. The van der Waals surface area contributed by atoms with Crippen LogP contribution in [0.5, 0.6) is 0 Å². The van der Waals surface area contributed by atoms with E-state index < -0.39 is 4.92 Å². The fourth-order valence-corrected chi connectivity index (χ4v) is 1.49. The Kier molecular flexibility index (Phi) is 4.39. The van der Waals surface area contributed by atoms with Gasteiger partial charge in [-0.15, -0.1) is 0 Å². The Hall–Kier alpha value is -1.69. The molecule has 1 atom stereocenters. The van der Waals surface area contributed by atoms with Crippen LogP contribution in [0.15, 0.2) is 12.3 Å². The van der Waals surface area contributed by atoms with Gasteiger partial charge in [-0.2, -0.15) is 0 Å². The van der Waals surface area contributed by atoms with Crippen molar-refractivity contribution in [3.63, 3.8) is 0 Å². The smallest absolute Gasteiger partial charge is 0.314 e. The number of hydrogen-bond acceptors (Lipinski definition) is 5. The van der Waals surface area contributed by atoms with Crippen LogP contribution in [0.25, 0.3) is 0 Å². The monoisotopic (exact) mass is 239 g/mol. The minimum absolute atomic E-state index is 0.0356. The molecule has 0 saturated carbocycles. The molecule has 0 saturated heterocycles. The second-order valence-corrected chi connectivity index (χ2v) is 4.26. The number of anilines is 1. The van der Waals surface area contributed by atoms with Crippen LogP contribution >= 0.6 is 0 Å². The maximum absolute atomic E-state index is 10.9. The highest BCUT2D eigenvalue weighted by Crippen LogP contribution is 2.26. The third kappa shape index (κ3) is 3.13. The SMILES string of the molecule is Cc1ccnc(NC(CO)C(C)C)c1[N+](=O)[O-].